The molecule has 0 saturated heterocycles. The predicted octanol–water partition coefficient (Wildman–Crippen LogP) is 9.20. The van der Waals surface area contributed by atoms with Crippen LogP contribution >= 0.6 is 31.9 Å². The van der Waals surface area contributed by atoms with Crippen molar-refractivity contribution in [2.45, 2.75) is 19.3 Å². The minimum absolute atomic E-state index is 0.196. The fourth-order valence-corrected chi connectivity index (χ4v) is 6.64. The molecule has 0 unspecified atom stereocenters. The molecule has 226 valence electrons. The standard InChI is InChI=1S/C35H36Br2O6/c1-21(16-22-8-12-24(38-2)13-9-22)32-33(29(41-5)20-31(43-7)35(32)37)27(17-23-10-14-25(39-3)15-11-23)28-18-26(40-4)19-30(42-6)34(28)36/h8-16,18-20,27H,17H2,1-7H3/b21-16+/t27-/m0/s1. The van der Waals surface area contributed by atoms with Gasteiger partial charge >= 0.3 is 0 Å². The lowest BCUT2D eigenvalue weighted by atomic mass is 9.81. The number of hydrogen-bond donors (Lipinski definition) is 0. The van der Waals surface area contributed by atoms with Crippen molar-refractivity contribution in [3.05, 3.63) is 103 Å². The first-order valence-electron chi connectivity index (χ1n) is 13.6. The second-order valence-corrected chi connectivity index (χ2v) is 11.4. The Hall–Kier alpha value is -3.62. The molecule has 0 aliphatic rings. The summed E-state index contributed by atoms with van der Waals surface area (Å²) < 4.78 is 35.8. The molecule has 6 nitrogen and oxygen atoms in total. The molecule has 0 bridgehead atoms. The molecular weight excluding hydrogens is 676 g/mol. The zero-order valence-corrected chi connectivity index (χ0v) is 28.6. The summed E-state index contributed by atoms with van der Waals surface area (Å²) in [5.74, 6) is 4.14. The SMILES string of the molecule is COc1ccc(/C=C(\C)c2c(Br)c(OC)cc(OC)c2[C@@H](Cc2ccc(OC)cc2)c2cc(OC)cc(OC)c2Br)cc1. The van der Waals surface area contributed by atoms with E-state index in [-0.39, 0.29) is 5.92 Å². The van der Waals surface area contributed by atoms with E-state index < -0.39 is 0 Å². The molecule has 4 aromatic carbocycles. The molecule has 0 heterocycles. The van der Waals surface area contributed by atoms with Crippen LogP contribution in [0.25, 0.3) is 11.6 Å². The highest BCUT2D eigenvalue weighted by Crippen LogP contribution is 2.50. The van der Waals surface area contributed by atoms with E-state index in [1.54, 1.807) is 42.7 Å². The summed E-state index contributed by atoms with van der Waals surface area (Å²) in [5, 5.41) is 0. The third-order valence-electron chi connectivity index (χ3n) is 7.39. The molecule has 0 saturated carbocycles. The van der Waals surface area contributed by atoms with E-state index in [1.165, 1.54) is 0 Å². The highest BCUT2D eigenvalue weighted by atomic mass is 79.9. The van der Waals surface area contributed by atoms with Crippen LogP contribution in [0, 0.1) is 0 Å². The van der Waals surface area contributed by atoms with Crippen LogP contribution < -0.4 is 28.4 Å². The van der Waals surface area contributed by atoms with Crippen LogP contribution in [-0.4, -0.2) is 42.7 Å². The maximum Gasteiger partial charge on any atom is 0.137 e. The molecule has 0 radical (unpaired) electrons. The van der Waals surface area contributed by atoms with Gasteiger partial charge in [0.1, 0.15) is 34.5 Å². The third-order valence-corrected chi connectivity index (χ3v) is 9.02. The minimum Gasteiger partial charge on any atom is -0.497 e. The number of ether oxygens (including phenoxy) is 6. The van der Waals surface area contributed by atoms with Gasteiger partial charge in [0.25, 0.3) is 0 Å². The van der Waals surface area contributed by atoms with Gasteiger partial charge in [0.2, 0.25) is 0 Å². The average molecular weight is 712 g/mol. The van der Waals surface area contributed by atoms with E-state index >= 15 is 0 Å². The molecule has 0 aromatic heterocycles. The summed E-state index contributed by atoms with van der Waals surface area (Å²) in [5.41, 5.74) is 6.13. The number of methoxy groups -OCH3 is 6. The smallest absolute Gasteiger partial charge is 0.137 e. The molecule has 1 atom stereocenters. The molecule has 0 N–H and O–H groups in total. The van der Waals surface area contributed by atoms with Gasteiger partial charge in [-0.05, 0) is 97.8 Å². The van der Waals surface area contributed by atoms with E-state index in [9.17, 15) is 0 Å². The highest BCUT2D eigenvalue weighted by Gasteiger charge is 2.30. The lowest BCUT2D eigenvalue weighted by Crippen LogP contribution is -2.12. The largest absolute Gasteiger partial charge is 0.497 e. The Kier molecular flexibility index (Phi) is 11.0. The molecule has 43 heavy (non-hydrogen) atoms. The van der Waals surface area contributed by atoms with Gasteiger partial charge in [0.15, 0.2) is 0 Å². The fraction of sp³-hybridized carbons (Fsp3) is 0.257. The minimum atomic E-state index is -0.196. The van der Waals surface area contributed by atoms with Gasteiger partial charge in [-0.3, -0.25) is 0 Å². The lowest BCUT2D eigenvalue weighted by molar-refractivity contribution is 0.385. The van der Waals surface area contributed by atoms with Crippen LogP contribution in [-0.2, 0) is 6.42 Å². The van der Waals surface area contributed by atoms with Crippen molar-refractivity contribution in [3.8, 4) is 34.5 Å². The Labute approximate surface area is 270 Å². The molecule has 0 fully saturated rings. The van der Waals surface area contributed by atoms with E-state index in [0.29, 0.717) is 29.4 Å². The second kappa shape index (κ2) is 14.7. The van der Waals surface area contributed by atoms with E-state index in [4.69, 9.17) is 28.4 Å². The molecule has 4 aromatic rings. The van der Waals surface area contributed by atoms with Crippen LogP contribution in [0.1, 0.15) is 40.7 Å². The number of rotatable bonds is 12. The number of allylic oxidation sites excluding steroid dienone is 1. The van der Waals surface area contributed by atoms with Gasteiger partial charge in [0, 0.05) is 29.2 Å². The summed E-state index contributed by atoms with van der Waals surface area (Å²) in [7, 11) is 9.98. The lowest BCUT2D eigenvalue weighted by Gasteiger charge is -2.28. The maximum atomic E-state index is 6.10. The summed E-state index contributed by atoms with van der Waals surface area (Å²) in [6.45, 7) is 2.10. The van der Waals surface area contributed by atoms with Gasteiger partial charge in [-0.2, -0.15) is 0 Å². The molecule has 0 aliphatic heterocycles. The number of hydrogen-bond acceptors (Lipinski definition) is 6. The van der Waals surface area contributed by atoms with Crippen molar-refractivity contribution >= 4 is 43.5 Å². The normalized spacial score (nSPS) is 12.0. The Morgan fingerprint density at radius 2 is 1.16 bits per heavy atom. The molecule has 0 amide bonds. The van der Waals surface area contributed by atoms with Gasteiger partial charge in [-0.1, -0.05) is 30.3 Å². The quantitative estimate of drug-likeness (QED) is 0.137. The average Bonchev–Trinajstić information content (AvgIpc) is 3.04. The summed E-state index contributed by atoms with van der Waals surface area (Å²) in [6, 6.07) is 21.9. The van der Waals surface area contributed by atoms with Gasteiger partial charge in [-0.25, -0.2) is 0 Å². The van der Waals surface area contributed by atoms with Crippen molar-refractivity contribution in [3.63, 3.8) is 0 Å². The van der Waals surface area contributed by atoms with Crippen molar-refractivity contribution in [1.82, 2.24) is 0 Å². The Balaban J connectivity index is 2.04. The fourth-order valence-electron chi connectivity index (χ4n) is 5.17. The van der Waals surface area contributed by atoms with Crippen molar-refractivity contribution in [2.75, 3.05) is 42.7 Å². The second-order valence-electron chi connectivity index (χ2n) is 9.82. The Bertz CT molecular complexity index is 1580. The van der Waals surface area contributed by atoms with Crippen molar-refractivity contribution in [1.29, 1.82) is 0 Å². The summed E-state index contributed by atoms with van der Waals surface area (Å²) in [6.07, 6.45) is 2.80. The predicted molar refractivity (Wildman–Crippen MR) is 180 cm³/mol. The first-order valence-corrected chi connectivity index (χ1v) is 15.2. The summed E-state index contributed by atoms with van der Waals surface area (Å²) in [4.78, 5) is 0. The molecule has 4 rings (SSSR count). The number of halogens is 2. The monoisotopic (exact) mass is 710 g/mol. The first-order chi connectivity index (χ1) is 20.8. The third kappa shape index (κ3) is 7.13. The van der Waals surface area contributed by atoms with Crippen molar-refractivity contribution < 1.29 is 28.4 Å². The maximum absolute atomic E-state index is 6.10. The molecule has 0 aliphatic carbocycles. The zero-order chi connectivity index (χ0) is 31.1. The Morgan fingerprint density at radius 1 is 0.628 bits per heavy atom. The first kappa shape index (κ1) is 32.3. The molecule has 8 heteroatoms. The van der Waals surface area contributed by atoms with Gasteiger partial charge in [-0.15, -0.1) is 0 Å². The van der Waals surface area contributed by atoms with Gasteiger partial charge < -0.3 is 28.4 Å². The molecular formula is C35H36Br2O6. The van der Waals surface area contributed by atoms with Crippen LogP contribution in [0.4, 0.5) is 0 Å². The Morgan fingerprint density at radius 3 is 1.70 bits per heavy atom. The number of benzene rings is 4. The van der Waals surface area contributed by atoms with Crippen LogP contribution in [0.3, 0.4) is 0 Å². The van der Waals surface area contributed by atoms with E-state index in [2.05, 4.69) is 57.0 Å². The van der Waals surface area contributed by atoms with Crippen LogP contribution in [0.15, 0.2) is 75.7 Å². The van der Waals surface area contributed by atoms with Crippen LogP contribution in [0.5, 0.6) is 34.5 Å². The van der Waals surface area contributed by atoms with E-state index in [0.717, 1.165) is 53.8 Å². The van der Waals surface area contributed by atoms with Crippen molar-refractivity contribution in [2.24, 2.45) is 0 Å². The highest BCUT2D eigenvalue weighted by molar-refractivity contribution is 9.11. The van der Waals surface area contributed by atoms with E-state index in [1.807, 2.05) is 54.6 Å². The topological polar surface area (TPSA) is 55.4 Å². The van der Waals surface area contributed by atoms with Crippen LogP contribution in [0.2, 0.25) is 0 Å². The summed E-state index contributed by atoms with van der Waals surface area (Å²) >= 11 is 7.75. The molecule has 0 spiro atoms. The van der Waals surface area contributed by atoms with Gasteiger partial charge in [0.05, 0.1) is 51.6 Å². The zero-order valence-electron chi connectivity index (χ0n) is 25.4.